The molecule has 106 valence electrons. The van der Waals surface area contributed by atoms with E-state index in [2.05, 4.69) is 15.9 Å². The van der Waals surface area contributed by atoms with Gasteiger partial charge in [-0.25, -0.2) is 4.39 Å². The topological polar surface area (TPSA) is 39.4 Å². The van der Waals surface area contributed by atoms with Crippen molar-refractivity contribution in [2.45, 2.75) is 0 Å². The monoisotopic (exact) mass is 348 g/mol. The van der Waals surface area contributed by atoms with Crippen LogP contribution in [-0.4, -0.2) is 12.9 Å². The van der Waals surface area contributed by atoms with E-state index < -0.39 is 11.6 Å². The van der Waals surface area contributed by atoms with Gasteiger partial charge < -0.3 is 9.15 Å². The molecule has 0 bridgehead atoms. The standard InChI is InChI=1S/C16H10BrFO3/c1-20-11-4-2-9-6-15(21-14(9)8-11)16(19)12-5-3-10(17)7-13(12)18/h2-8H,1H3. The highest BCUT2D eigenvalue weighted by Gasteiger charge is 2.18. The van der Waals surface area contributed by atoms with Crippen LogP contribution in [0.5, 0.6) is 5.75 Å². The first-order chi connectivity index (χ1) is 10.1. The van der Waals surface area contributed by atoms with E-state index in [-0.39, 0.29) is 11.3 Å². The van der Waals surface area contributed by atoms with Crippen LogP contribution in [0.15, 0.2) is 51.4 Å². The second-order valence-electron chi connectivity index (χ2n) is 4.47. The van der Waals surface area contributed by atoms with Crippen molar-refractivity contribution in [3.8, 4) is 5.75 Å². The van der Waals surface area contributed by atoms with E-state index >= 15 is 0 Å². The largest absolute Gasteiger partial charge is 0.497 e. The van der Waals surface area contributed by atoms with Gasteiger partial charge in [-0.05, 0) is 36.4 Å². The summed E-state index contributed by atoms with van der Waals surface area (Å²) >= 11 is 3.16. The number of halogens is 2. The Kier molecular flexibility index (Phi) is 3.51. The van der Waals surface area contributed by atoms with Gasteiger partial charge >= 0.3 is 0 Å². The van der Waals surface area contributed by atoms with Gasteiger partial charge in [-0.2, -0.15) is 0 Å². The quantitative estimate of drug-likeness (QED) is 0.650. The Morgan fingerprint density at radius 2 is 2.00 bits per heavy atom. The summed E-state index contributed by atoms with van der Waals surface area (Å²) in [4.78, 5) is 12.3. The number of fused-ring (bicyclic) bond motifs is 1. The molecule has 0 saturated carbocycles. The molecule has 5 heteroatoms. The van der Waals surface area contributed by atoms with Gasteiger partial charge in [0.15, 0.2) is 5.76 Å². The molecule has 0 amide bonds. The number of furan rings is 1. The number of ether oxygens (including phenoxy) is 1. The zero-order chi connectivity index (χ0) is 15.0. The zero-order valence-corrected chi connectivity index (χ0v) is 12.6. The normalized spacial score (nSPS) is 10.8. The van der Waals surface area contributed by atoms with Crippen LogP contribution in [0.1, 0.15) is 16.1 Å². The van der Waals surface area contributed by atoms with Crippen molar-refractivity contribution < 1.29 is 18.3 Å². The number of hydrogen-bond acceptors (Lipinski definition) is 3. The molecular weight excluding hydrogens is 339 g/mol. The van der Waals surface area contributed by atoms with Gasteiger partial charge in [-0.1, -0.05) is 15.9 Å². The van der Waals surface area contributed by atoms with Crippen LogP contribution in [0.2, 0.25) is 0 Å². The number of carbonyl (C=O) groups is 1. The molecule has 0 N–H and O–H groups in total. The Morgan fingerprint density at radius 1 is 1.19 bits per heavy atom. The molecule has 21 heavy (non-hydrogen) atoms. The summed E-state index contributed by atoms with van der Waals surface area (Å²) in [5, 5.41) is 0.761. The molecule has 0 spiro atoms. The molecule has 0 atom stereocenters. The van der Waals surface area contributed by atoms with E-state index in [1.165, 1.54) is 12.1 Å². The minimum atomic E-state index is -0.590. The molecule has 0 aliphatic heterocycles. The Morgan fingerprint density at radius 3 is 2.71 bits per heavy atom. The Bertz CT molecular complexity index is 839. The van der Waals surface area contributed by atoms with E-state index in [1.807, 2.05) is 0 Å². The number of carbonyl (C=O) groups excluding carboxylic acids is 1. The third-order valence-electron chi connectivity index (χ3n) is 3.13. The summed E-state index contributed by atoms with van der Waals surface area (Å²) in [7, 11) is 1.55. The highest BCUT2D eigenvalue weighted by Crippen LogP contribution is 2.26. The molecule has 0 aliphatic carbocycles. The van der Waals surface area contributed by atoms with Crippen LogP contribution in [0.3, 0.4) is 0 Å². The third-order valence-corrected chi connectivity index (χ3v) is 3.62. The average Bonchev–Trinajstić information content (AvgIpc) is 2.89. The highest BCUT2D eigenvalue weighted by molar-refractivity contribution is 9.10. The maximum atomic E-state index is 13.8. The molecule has 0 unspecified atom stereocenters. The number of hydrogen-bond donors (Lipinski definition) is 0. The summed E-state index contributed by atoms with van der Waals surface area (Å²) in [5.74, 6) is -0.354. The average molecular weight is 349 g/mol. The summed E-state index contributed by atoms with van der Waals surface area (Å²) in [5.41, 5.74) is 0.499. The summed E-state index contributed by atoms with van der Waals surface area (Å²) in [6.45, 7) is 0. The fourth-order valence-electron chi connectivity index (χ4n) is 2.06. The molecule has 3 aromatic rings. The SMILES string of the molecule is COc1ccc2cc(C(=O)c3ccc(Br)cc3F)oc2c1. The lowest BCUT2D eigenvalue weighted by Crippen LogP contribution is -2.02. The first-order valence-corrected chi connectivity index (χ1v) is 6.95. The second-order valence-corrected chi connectivity index (χ2v) is 5.38. The first-order valence-electron chi connectivity index (χ1n) is 6.16. The van der Waals surface area contributed by atoms with Gasteiger partial charge in [0.2, 0.25) is 5.78 Å². The molecule has 1 aromatic heterocycles. The van der Waals surface area contributed by atoms with Crippen LogP contribution in [0, 0.1) is 5.82 Å². The van der Waals surface area contributed by atoms with E-state index in [1.54, 1.807) is 37.4 Å². The van der Waals surface area contributed by atoms with Gasteiger partial charge in [0.1, 0.15) is 17.1 Å². The fraction of sp³-hybridized carbons (Fsp3) is 0.0625. The molecule has 0 fully saturated rings. The minimum Gasteiger partial charge on any atom is -0.497 e. The molecule has 0 aliphatic rings. The van der Waals surface area contributed by atoms with Crippen LogP contribution in [0.25, 0.3) is 11.0 Å². The molecule has 1 heterocycles. The van der Waals surface area contributed by atoms with E-state index in [0.717, 1.165) is 5.39 Å². The van der Waals surface area contributed by atoms with Crippen LogP contribution in [0.4, 0.5) is 4.39 Å². The Labute approximate surface area is 128 Å². The lowest BCUT2D eigenvalue weighted by atomic mass is 10.1. The molecule has 3 nitrogen and oxygen atoms in total. The van der Waals surface area contributed by atoms with Crippen molar-refractivity contribution in [1.29, 1.82) is 0 Å². The molecule has 0 radical (unpaired) electrons. The summed E-state index contributed by atoms with van der Waals surface area (Å²) in [6, 6.07) is 11.1. The maximum Gasteiger partial charge on any atom is 0.231 e. The van der Waals surface area contributed by atoms with E-state index in [9.17, 15) is 9.18 Å². The van der Waals surface area contributed by atoms with Gasteiger partial charge in [0, 0.05) is 15.9 Å². The summed E-state index contributed by atoms with van der Waals surface area (Å²) in [6.07, 6.45) is 0. The molecule has 0 saturated heterocycles. The van der Waals surface area contributed by atoms with E-state index in [4.69, 9.17) is 9.15 Å². The predicted octanol–water partition coefficient (Wildman–Crippen LogP) is 4.57. The highest BCUT2D eigenvalue weighted by atomic mass is 79.9. The smallest absolute Gasteiger partial charge is 0.231 e. The Balaban J connectivity index is 2.05. The third kappa shape index (κ3) is 2.56. The van der Waals surface area contributed by atoms with Crippen molar-refractivity contribution in [2.75, 3.05) is 7.11 Å². The van der Waals surface area contributed by atoms with Gasteiger partial charge in [-0.3, -0.25) is 4.79 Å². The van der Waals surface area contributed by atoms with Gasteiger partial charge in [0.05, 0.1) is 12.7 Å². The van der Waals surface area contributed by atoms with E-state index in [0.29, 0.717) is 15.8 Å². The zero-order valence-electron chi connectivity index (χ0n) is 11.0. The number of benzene rings is 2. The molecule has 2 aromatic carbocycles. The minimum absolute atomic E-state index is 0.0239. The summed E-state index contributed by atoms with van der Waals surface area (Å²) < 4.78 is 25.0. The maximum absolute atomic E-state index is 13.8. The van der Waals surface area contributed by atoms with Crippen LogP contribution < -0.4 is 4.74 Å². The van der Waals surface area contributed by atoms with Crippen LogP contribution >= 0.6 is 15.9 Å². The second kappa shape index (κ2) is 5.33. The lowest BCUT2D eigenvalue weighted by molar-refractivity contribution is 0.101. The van der Waals surface area contributed by atoms with Crippen molar-refractivity contribution >= 4 is 32.7 Å². The molecule has 3 rings (SSSR count). The van der Waals surface area contributed by atoms with Crippen LogP contribution in [-0.2, 0) is 0 Å². The van der Waals surface area contributed by atoms with Crippen molar-refractivity contribution in [1.82, 2.24) is 0 Å². The lowest BCUT2D eigenvalue weighted by Gasteiger charge is -2.00. The van der Waals surface area contributed by atoms with Crippen molar-refractivity contribution in [3.05, 3.63) is 64.1 Å². The number of rotatable bonds is 3. The fourth-order valence-corrected chi connectivity index (χ4v) is 2.39. The first kappa shape index (κ1) is 13.8. The Hall–Kier alpha value is -2.14. The van der Waals surface area contributed by atoms with Crippen molar-refractivity contribution in [3.63, 3.8) is 0 Å². The predicted molar refractivity (Wildman–Crippen MR) is 80.3 cm³/mol. The molecular formula is C16H10BrFO3. The number of methoxy groups -OCH3 is 1. The van der Waals surface area contributed by atoms with Gasteiger partial charge in [-0.15, -0.1) is 0 Å². The number of ketones is 1. The van der Waals surface area contributed by atoms with Crippen molar-refractivity contribution in [2.24, 2.45) is 0 Å². The van der Waals surface area contributed by atoms with Gasteiger partial charge in [0.25, 0.3) is 0 Å².